The fourth-order valence-corrected chi connectivity index (χ4v) is 1.89. The first-order chi connectivity index (χ1) is 8.78. The van der Waals surface area contributed by atoms with Gasteiger partial charge in [-0.25, -0.2) is 9.97 Å². The molecule has 3 aromatic rings. The highest BCUT2D eigenvalue weighted by Gasteiger charge is 2.10. The summed E-state index contributed by atoms with van der Waals surface area (Å²) in [5.74, 6) is 1.48. The number of furan rings is 1. The third-order valence-corrected chi connectivity index (χ3v) is 2.74. The van der Waals surface area contributed by atoms with E-state index < -0.39 is 0 Å². The molecule has 0 aliphatic carbocycles. The van der Waals surface area contributed by atoms with E-state index in [1.807, 2.05) is 37.4 Å². The van der Waals surface area contributed by atoms with Gasteiger partial charge in [0.25, 0.3) is 0 Å². The van der Waals surface area contributed by atoms with Crippen LogP contribution in [0.25, 0.3) is 22.4 Å². The van der Waals surface area contributed by atoms with Gasteiger partial charge in [0.15, 0.2) is 0 Å². The molecule has 0 unspecified atom stereocenters. The molecule has 5 nitrogen and oxygen atoms in total. The molecule has 18 heavy (non-hydrogen) atoms. The van der Waals surface area contributed by atoms with Crippen molar-refractivity contribution in [3.63, 3.8) is 0 Å². The molecule has 0 saturated carbocycles. The molecule has 5 heteroatoms. The lowest BCUT2D eigenvalue weighted by Gasteiger charge is -1.97. The molecule has 0 saturated heterocycles. The minimum Gasteiger partial charge on any atom is -0.438 e. The third-order valence-electron chi connectivity index (χ3n) is 2.74. The maximum Gasteiger partial charge on any atom is 0.231 e. The van der Waals surface area contributed by atoms with Crippen molar-refractivity contribution < 1.29 is 4.42 Å². The molecule has 1 aromatic carbocycles. The summed E-state index contributed by atoms with van der Waals surface area (Å²) in [6.45, 7) is 0. The second-order valence-corrected chi connectivity index (χ2v) is 3.93. The zero-order valence-electron chi connectivity index (χ0n) is 9.84. The summed E-state index contributed by atoms with van der Waals surface area (Å²) in [4.78, 5) is 8.25. The van der Waals surface area contributed by atoms with Gasteiger partial charge in [-0.1, -0.05) is 12.1 Å². The number of nitrogens with zero attached hydrogens (tertiary/aromatic N) is 2. The first-order valence-corrected chi connectivity index (χ1v) is 5.56. The van der Waals surface area contributed by atoms with Crippen LogP contribution in [0.4, 0.5) is 11.5 Å². The predicted octanol–water partition coefficient (Wildman–Crippen LogP) is 2.51. The quantitative estimate of drug-likeness (QED) is 0.673. The molecule has 0 atom stereocenters. The van der Waals surface area contributed by atoms with E-state index in [2.05, 4.69) is 15.3 Å². The normalized spacial score (nSPS) is 10.7. The average Bonchev–Trinajstić information content (AvgIpc) is 2.82. The van der Waals surface area contributed by atoms with Crippen LogP contribution in [0.3, 0.4) is 0 Å². The van der Waals surface area contributed by atoms with Crippen LogP contribution in [0.1, 0.15) is 0 Å². The molecule has 0 aliphatic heterocycles. The second kappa shape index (κ2) is 4.03. The largest absolute Gasteiger partial charge is 0.438 e. The smallest absolute Gasteiger partial charge is 0.231 e. The minimum absolute atomic E-state index is 0.562. The van der Waals surface area contributed by atoms with Gasteiger partial charge < -0.3 is 15.5 Å². The Morgan fingerprint density at radius 3 is 2.89 bits per heavy atom. The van der Waals surface area contributed by atoms with Gasteiger partial charge in [0, 0.05) is 18.3 Å². The number of nitrogens with two attached hydrogens (primary N) is 1. The topological polar surface area (TPSA) is 77.0 Å². The van der Waals surface area contributed by atoms with Crippen LogP contribution < -0.4 is 11.1 Å². The molecule has 0 spiro atoms. The van der Waals surface area contributed by atoms with E-state index in [0.29, 0.717) is 11.4 Å². The number of aromatic nitrogens is 2. The van der Waals surface area contributed by atoms with Gasteiger partial charge in [-0.05, 0) is 18.2 Å². The van der Waals surface area contributed by atoms with E-state index in [9.17, 15) is 0 Å². The van der Waals surface area contributed by atoms with Crippen molar-refractivity contribution in [1.82, 2.24) is 9.97 Å². The maximum atomic E-state index is 5.76. The van der Waals surface area contributed by atoms with Crippen LogP contribution in [0.5, 0.6) is 0 Å². The zero-order valence-corrected chi connectivity index (χ0v) is 9.84. The van der Waals surface area contributed by atoms with Gasteiger partial charge in [-0.3, -0.25) is 0 Å². The minimum atomic E-state index is 0.562. The van der Waals surface area contributed by atoms with E-state index in [4.69, 9.17) is 10.2 Å². The van der Waals surface area contributed by atoms with Crippen molar-refractivity contribution in [1.29, 1.82) is 0 Å². The molecule has 2 aromatic heterocycles. The van der Waals surface area contributed by atoms with E-state index >= 15 is 0 Å². The van der Waals surface area contributed by atoms with E-state index in [1.165, 1.54) is 6.33 Å². The third kappa shape index (κ3) is 1.66. The number of nitrogen functional groups attached to an aromatic ring is 1. The van der Waals surface area contributed by atoms with Crippen molar-refractivity contribution >= 4 is 22.6 Å². The molecule has 0 aliphatic rings. The Morgan fingerprint density at radius 2 is 2.11 bits per heavy atom. The summed E-state index contributed by atoms with van der Waals surface area (Å²) >= 11 is 0. The summed E-state index contributed by atoms with van der Waals surface area (Å²) in [6.07, 6.45) is 1.47. The molecule has 3 N–H and O–H groups in total. The van der Waals surface area contributed by atoms with Crippen LogP contribution in [-0.4, -0.2) is 17.0 Å². The Morgan fingerprint density at radius 1 is 1.22 bits per heavy atom. The van der Waals surface area contributed by atoms with Crippen molar-refractivity contribution in [2.75, 3.05) is 18.1 Å². The number of benzene rings is 1. The number of rotatable bonds is 2. The lowest BCUT2D eigenvalue weighted by Crippen LogP contribution is -1.92. The summed E-state index contributed by atoms with van der Waals surface area (Å²) < 4.78 is 5.70. The van der Waals surface area contributed by atoms with Crippen LogP contribution >= 0.6 is 0 Å². The van der Waals surface area contributed by atoms with Gasteiger partial charge in [0.05, 0.1) is 5.39 Å². The molecule has 0 amide bonds. The van der Waals surface area contributed by atoms with Crippen LogP contribution in [0, 0.1) is 0 Å². The number of hydrogen-bond acceptors (Lipinski definition) is 5. The summed E-state index contributed by atoms with van der Waals surface area (Å²) in [6, 6.07) is 9.45. The van der Waals surface area contributed by atoms with Gasteiger partial charge in [-0.15, -0.1) is 0 Å². The SMILES string of the molecule is CNc1ncnc2oc(-c3cccc(N)c3)cc12. The molecular formula is C13H12N4O. The molecule has 0 radical (unpaired) electrons. The Bertz CT molecular complexity index is 705. The van der Waals surface area contributed by atoms with Crippen molar-refractivity contribution in [2.24, 2.45) is 0 Å². The lowest BCUT2D eigenvalue weighted by atomic mass is 10.1. The molecule has 0 bridgehead atoms. The number of hydrogen-bond donors (Lipinski definition) is 2. The Hall–Kier alpha value is -2.56. The fraction of sp³-hybridized carbons (Fsp3) is 0.0769. The number of nitrogens with one attached hydrogen (secondary N) is 1. The van der Waals surface area contributed by atoms with Gasteiger partial charge >= 0.3 is 0 Å². The summed E-state index contributed by atoms with van der Waals surface area (Å²) in [7, 11) is 1.81. The van der Waals surface area contributed by atoms with Crippen LogP contribution in [0.15, 0.2) is 41.1 Å². The fourth-order valence-electron chi connectivity index (χ4n) is 1.89. The van der Waals surface area contributed by atoms with Crippen molar-refractivity contribution in [3.8, 4) is 11.3 Å². The molecule has 90 valence electrons. The van der Waals surface area contributed by atoms with E-state index in [1.54, 1.807) is 0 Å². The first kappa shape index (κ1) is 10.6. The highest BCUT2D eigenvalue weighted by molar-refractivity contribution is 5.89. The first-order valence-electron chi connectivity index (χ1n) is 5.56. The summed E-state index contributed by atoms with van der Waals surface area (Å²) in [5.41, 5.74) is 7.95. The molecular weight excluding hydrogens is 228 g/mol. The Balaban J connectivity index is 2.19. The van der Waals surface area contributed by atoms with Crippen molar-refractivity contribution in [2.45, 2.75) is 0 Å². The number of fused-ring (bicyclic) bond motifs is 1. The van der Waals surface area contributed by atoms with Gasteiger partial charge in [-0.2, -0.15) is 0 Å². The standard InChI is InChI=1S/C13H12N4O/c1-15-12-10-6-11(18-13(10)17-7-16-12)8-3-2-4-9(14)5-8/h2-7H,14H2,1H3,(H,15,16,17). The van der Waals surface area contributed by atoms with E-state index in [-0.39, 0.29) is 0 Å². The molecule has 2 heterocycles. The molecule has 3 rings (SSSR count). The van der Waals surface area contributed by atoms with E-state index in [0.717, 1.165) is 22.5 Å². The zero-order chi connectivity index (χ0) is 12.5. The van der Waals surface area contributed by atoms with Crippen molar-refractivity contribution in [3.05, 3.63) is 36.7 Å². The predicted molar refractivity (Wildman–Crippen MR) is 71.2 cm³/mol. The summed E-state index contributed by atoms with van der Waals surface area (Å²) in [5, 5.41) is 3.87. The Kier molecular flexibility index (Phi) is 2.37. The monoisotopic (exact) mass is 240 g/mol. The average molecular weight is 240 g/mol. The molecule has 0 fully saturated rings. The number of anilines is 2. The highest BCUT2D eigenvalue weighted by atomic mass is 16.3. The lowest BCUT2D eigenvalue weighted by molar-refractivity contribution is 0.617. The second-order valence-electron chi connectivity index (χ2n) is 3.93. The highest BCUT2D eigenvalue weighted by Crippen LogP contribution is 2.30. The van der Waals surface area contributed by atoms with Crippen LogP contribution in [-0.2, 0) is 0 Å². The maximum absolute atomic E-state index is 5.76. The van der Waals surface area contributed by atoms with Gasteiger partial charge in [0.1, 0.15) is 17.9 Å². The van der Waals surface area contributed by atoms with Gasteiger partial charge in [0.2, 0.25) is 5.71 Å². The van der Waals surface area contributed by atoms with Crippen LogP contribution in [0.2, 0.25) is 0 Å². The Labute approximate surface area is 104 Å².